The molecule has 146 valence electrons. The summed E-state index contributed by atoms with van der Waals surface area (Å²) < 4.78 is 51.4. The van der Waals surface area contributed by atoms with Crippen molar-refractivity contribution >= 4 is 22.4 Å². The second-order valence-corrected chi connectivity index (χ2v) is 7.81. The van der Waals surface area contributed by atoms with Gasteiger partial charge in [0.05, 0.1) is 16.4 Å². The van der Waals surface area contributed by atoms with E-state index in [1.54, 1.807) is 30.3 Å². The number of rotatable bonds is 4. The van der Waals surface area contributed by atoms with Gasteiger partial charge in [0, 0.05) is 27.5 Å². The van der Waals surface area contributed by atoms with Crippen molar-refractivity contribution in [3.05, 3.63) is 69.9 Å². The summed E-state index contributed by atoms with van der Waals surface area (Å²) in [6.07, 6.45) is -3.73. The van der Waals surface area contributed by atoms with Crippen LogP contribution in [0, 0.1) is 6.92 Å². The first-order valence-corrected chi connectivity index (χ1v) is 9.68. The lowest BCUT2D eigenvalue weighted by molar-refractivity contribution is -0.141. The number of aryl methyl sites for hydroxylation is 1. The molecule has 0 saturated carbocycles. The Kier molecular flexibility index (Phi) is 5.60. The number of ketones is 2. The minimum Gasteiger partial charge on any atom is -0.294 e. The molecule has 3 rings (SSSR count). The molecule has 0 aliphatic heterocycles. The van der Waals surface area contributed by atoms with Crippen LogP contribution in [0.5, 0.6) is 0 Å². The zero-order valence-electron chi connectivity index (χ0n) is 14.9. The molecule has 0 bridgehead atoms. The van der Waals surface area contributed by atoms with Crippen molar-refractivity contribution in [3.8, 4) is 0 Å². The Hall–Kier alpha value is -2.61. The molecule has 1 aromatic heterocycles. The van der Waals surface area contributed by atoms with E-state index in [2.05, 4.69) is 4.98 Å². The van der Waals surface area contributed by atoms with E-state index in [0.717, 1.165) is 6.07 Å². The highest BCUT2D eigenvalue weighted by molar-refractivity contribution is 7.89. The van der Waals surface area contributed by atoms with Gasteiger partial charge in [-0.2, -0.15) is 13.2 Å². The average molecular weight is 407 g/mol. The molecule has 1 aliphatic rings. The second-order valence-electron chi connectivity index (χ2n) is 6.31. The number of hydrogen-bond donors (Lipinski definition) is 0. The highest BCUT2D eigenvalue weighted by Gasteiger charge is 2.35. The number of nitrogens with zero attached hydrogens (tertiary/aromatic N) is 1. The van der Waals surface area contributed by atoms with E-state index in [1.807, 2.05) is 0 Å². The van der Waals surface area contributed by atoms with Crippen LogP contribution in [0.15, 0.2) is 57.8 Å². The molecule has 0 amide bonds. The molecule has 28 heavy (non-hydrogen) atoms. The molecule has 4 nitrogen and oxygen atoms in total. The van der Waals surface area contributed by atoms with Crippen LogP contribution in [0.1, 0.15) is 41.0 Å². The standard InChI is InChI=1S/C20H16F3NO3S/c1-12-14(10-11-17(24-12)20(21,22)23)19(26)18-15(25)8-5-9-16(18)28(27)13-6-3-2-4-7-13/h2-4,6-7,10-11H,5,8-9H2,1H3. The lowest BCUT2D eigenvalue weighted by atomic mass is 9.91. The van der Waals surface area contributed by atoms with Gasteiger partial charge in [-0.3, -0.25) is 9.59 Å². The number of allylic oxidation sites excluding steroid dienone is 2. The number of halogens is 3. The highest BCUT2D eigenvalue weighted by Crippen LogP contribution is 2.32. The monoisotopic (exact) mass is 407 g/mol. The Labute approximate surface area is 161 Å². The molecule has 0 radical (unpaired) electrons. The normalized spacial score (nSPS) is 16.2. The average Bonchev–Trinajstić information content (AvgIpc) is 2.66. The van der Waals surface area contributed by atoms with Gasteiger partial charge < -0.3 is 0 Å². The second kappa shape index (κ2) is 7.79. The molecule has 0 saturated heterocycles. The number of aromatic nitrogens is 1. The Morgan fingerprint density at radius 1 is 1.07 bits per heavy atom. The first kappa shape index (κ1) is 20.1. The van der Waals surface area contributed by atoms with E-state index >= 15 is 0 Å². The molecule has 1 atom stereocenters. The lowest BCUT2D eigenvalue weighted by Crippen LogP contribution is -2.23. The molecular weight excluding hydrogens is 391 g/mol. The van der Waals surface area contributed by atoms with E-state index in [0.29, 0.717) is 23.8 Å². The molecule has 0 fully saturated rings. The molecule has 1 unspecified atom stereocenters. The van der Waals surface area contributed by atoms with E-state index in [9.17, 15) is 27.0 Å². The van der Waals surface area contributed by atoms with Crippen molar-refractivity contribution < 1.29 is 27.0 Å². The van der Waals surface area contributed by atoms with Gasteiger partial charge in [-0.25, -0.2) is 9.19 Å². The van der Waals surface area contributed by atoms with Crippen LogP contribution in [0.4, 0.5) is 13.2 Å². The minimum absolute atomic E-state index is 0.0965. The fraction of sp³-hybridized carbons (Fsp3) is 0.250. The van der Waals surface area contributed by atoms with Gasteiger partial charge in [-0.05, 0) is 44.0 Å². The molecule has 1 heterocycles. The minimum atomic E-state index is -4.63. The fourth-order valence-corrected chi connectivity index (χ4v) is 4.44. The SMILES string of the molecule is Cc1nc(C(F)(F)F)ccc1C(=O)C1=C(S(=O)c2ccccc2)CCCC1=O. The summed E-state index contributed by atoms with van der Waals surface area (Å²) in [5.41, 5.74) is -1.53. The van der Waals surface area contributed by atoms with Crippen molar-refractivity contribution in [1.29, 1.82) is 0 Å². The van der Waals surface area contributed by atoms with Crippen LogP contribution >= 0.6 is 0 Å². The maximum atomic E-state index is 13.0. The van der Waals surface area contributed by atoms with Gasteiger partial charge in [0.1, 0.15) is 5.69 Å². The van der Waals surface area contributed by atoms with E-state index in [-0.39, 0.29) is 28.2 Å². The van der Waals surface area contributed by atoms with Gasteiger partial charge in [-0.15, -0.1) is 0 Å². The molecule has 1 aliphatic carbocycles. The predicted molar refractivity (Wildman–Crippen MR) is 97.0 cm³/mol. The van der Waals surface area contributed by atoms with Crippen molar-refractivity contribution in [2.24, 2.45) is 0 Å². The summed E-state index contributed by atoms with van der Waals surface area (Å²) in [5, 5.41) is 0. The topological polar surface area (TPSA) is 64.1 Å². The van der Waals surface area contributed by atoms with Crippen molar-refractivity contribution in [1.82, 2.24) is 4.98 Å². The first-order chi connectivity index (χ1) is 13.2. The van der Waals surface area contributed by atoms with Gasteiger partial charge in [-0.1, -0.05) is 18.2 Å². The summed E-state index contributed by atoms with van der Waals surface area (Å²) in [6, 6.07) is 10.1. The van der Waals surface area contributed by atoms with Gasteiger partial charge >= 0.3 is 6.18 Å². The third kappa shape index (κ3) is 3.96. The molecule has 2 aromatic rings. The smallest absolute Gasteiger partial charge is 0.294 e. The van der Waals surface area contributed by atoms with Crippen LogP contribution in [0.3, 0.4) is 0 Å². The maximum Gasteiger partial charge on any atom is 0.433 e. The highest BCUT2D eigenvalue weighted by atomic mass is 32.2. The fourth-order valence-electron chi connectivity index (χ4n) is 3.03. The molecule has 8 heteroatoms. The number of hydrogen-bond acceptors (Lipinski definition) is 4. The van der Waals surface area contributed by atoms with Gasteiger partial charge in [0.15, 0.2) is 11.6 Å². The van der Waals surface area contributed by atoms with Crippen LogP contribution in [-0.4, -0.2) is 20.8 Å². The predicted octanol–water partition coefficient (Wildman–Crippen LogP) is 4.41. The van der Waals surface area contributed by atoms with E-state index in [4.69, 9.17) is 0 Å². The number of carbonyl (C=O) groups excluding carboxylic acids is 2. The summed E-state index contributed by atoms with van der Waals surface area (Å²) in [6.45, 7) is 1.28. The van der Waals surface area contributed by atoms with Gasteiger partial charge in [0.25, 0.3) is 0 Å². The lowest BCUT2D eigenvalue weighted by Gasteiger charge is -2.19. The van der Waals surface area contributed by atoms with Crippen LogP contribution < -0.4 is 0 Å². The maximum absolute atomic E-state index is 13.0. The summed E-state index contributed by atoms with van der Waals surface area (Å²) >= 11 is 0. The third-order valence-corrected chi connectivity index (χ3v) is 5.95. The number of pyridine rings is 1. The quantitative estimate of drug-likeness (QED) is 0.556. The van der Waals surface area contributed by atoms with Gasteiger partial charge in [0.2, 0.25) is 0 Å². The molecule has 0 spiro atoms. The Balaban J connectivity index is 2.07. The largest absolute Gasteiger partial charge is 0.433 e. The number of alkyl halides is 3. The van der Waals surface area contributed by atoms with Crippen LogP contribution in [0.2, 0.25) is 0 Å². The van der Waals surface area contributed by atoms with Crippen molar-refractivity contribution in [2.75, 3.05) is 0 Å². The third-order valence-electron chi connectivity index (χ3n) is 4.39. The number of carbonyl (C=O) groups is 2. The number of benzene rings is 1. The van der Waals surface area contributed by atoms with E-state index < -0.39 is 34.2 Å². The van der Waals surface area contributed by atoms with Crippen molar-refractivity contribution in [3.63, 3.8) is 0 Å². The van der Waals surface area contributed by atoms with Crippen LogP contribution in [-0.2, 0) is 21.8 Å². The Morgan fingerprint density at radius 2 is 1.75 bits per heavy atom. The van der Waals surface area contributed by atoms with Crippen molar-refractivity contribution in [2.45, 2.75) is 37.3 Å². The molecular formula is C20H16F3NO3S. The molecule has 0 N–H and O–H groups in total. The summed E-state index contributed by atoms with van der Waals surface area (Å²) in [4.78, 5) is 29.6. The summed E-state index contributed by atoms with van der Waals surface area (Å²) in [7, 11) is -1.70. The van der Waals surface area contributed by atoms with E-state index in [1.165, 1.54) is 6.92 Å². The van der Waals surface area contributed by atoms with Crippen LogP contribution in [0.25, 0.3) is 0 Å². The molecule has 1 aromatic carbocycles. The Bertz CT molecular complexity index is 998. The Morgan fingerprint density at radius 3 is 2.36 bits per heavy atom. The zero-order chi connectivity index (χ0) is 20.5. The number of Topliss-reactive ketones (excluding diaryl/α,β-unsaturated/α-hetero) is 2. The summed E-state index contributed by atoms with van der Waals surface area (Å²) in [5.74, 6) is -1.18. The first-order valence-electron chi connectivity index (χ1n) is 8.53. The zero-order valence-corrected chi connectivity index (χ0v) is 15.7.